The van der Waals surface area contributed by atoms with Crippen molar-refractivity contribution in [3.05, 3.63) is 0 Å². The molecule has 7 fully saturated rings. The first-order chi connectivity index (χ1) is 53.0. The summed E-state index contributed by atoms with van der Waals surface area (Å²) in [5.41, 5.74) is 0. The maximum Gasteiger partial charge on any atom is 0.364 e. The summed E-state index contributed by atoms with van der Waals surface area (Å²) < 4.78 is 81.8. The second kappa shape index (κ2) is 41.3. The molecule has 7 aliphatic rings. The van der Waals surface area contributed by atoms with Crippen LogP contribution in [0.1, 0.15) is 40.5 Å². The van der Waals surface area contributed by atoms with Crippen LogP contribution in [0.5, 0.6) is 0 Å². The third-order valence-corrected chi connectivity index (χ3v) is 19.9. The number of carboxylic acids is 2. The predicted molar refractivity (Wildman–Crippen MR) is 347 cm³/mol. The average molecular weight is 1660 g/mol. The minimum atomic E-state index is -3.21. The van der Waals surface area contributed by atoms with Crippen molar-refractivity contribution in [2.75, 3.05) is 59.5 Å². The van der Waals surface area contributed by atoms with Crippen molar-refractivity contribution >= 4 is 35.6 Å². The van der Waals surface area contributed by atoms with Gasteiger partial charge in [0, 0.05) is 40.5 Å². The molecule has 7 heterocycles. The van der Waals surface area contributed by atoms with Crippen LogP contribution in [-0.4, -0.2) is 483 Å². The van der Waals surface area contributed by atoms with Gasteiger partial charge < -0.3 is 225 Å². The topological polar surface area (TPSA) is 826 Å². The molecule has 41 atom stereocenters. The molecule has 0 unspecified atom stereocenters. The molecule has 0 aromatic rings. The Balaban J connectivity index is 1.23. The Bertz CT molecular complexity index is 3060. The Labute approximate surface area is 638 Å². The molecule has 654 valence electrons. The van der Waals surface area contributed by atoms with Gasteiger partial charge in [0.1, 0.15) is 183 Å². The predicted octanol–water partition coefficient (Wildman–Crippen LogP) is -19.8. The lowest BCUT2D eigenvalue weighted by Crippen LogP contribution is -2.71. The van der Waals surface area contributed by atoms with Crippen molar-refractivity contribution in [1.82, 2.24) is 21.3 Å². The van der Waals surface area contributed by atoms with E-state index < -0.39 is 358 Å². The Kier molecular flexibility index (Phi) is 34.9. The van der Waals surface area contributed by atoms with E-state index in [1.165, 1.54) is 0 Å². The van der Waals surface area contributed by atoms with Gasteiger partial charge in [0.2, 0.25) is 23.6 Å². The first-order valence-electron chi connectivity index (χ1n) is 35.3. The highest BCUT2D eigenvalue weighted by Crippen LogP contribution is 2.41. The molecule has 7 saturated heterocycles. The summed E-state index contributed by atoms with van der Waals surface area (Å²) in [6.45, 7) is -7.75. The summed E-state index contributed by atoms with van der Waals surface area (Å²) >= 11 is 0. The van der Waals surface area contributed by atoms with Crippen molar-refractivity contribution in [2.45, 2.75) is 291 Å². The standard InChI is InChI=1S/C62H104N4O47/c1-16(74)63-31-20(78)5-61(59(96)97,112-50(31)36(85)23(81)8-68)100-14-29-40(89)49(109-56-44(93)43(92)38(87)26(11-71)102-56)34(66-19(4)77)55(105-29)111-52-39(88)27(12-72)103-57(45(52)94)108-48-28(13-73)104-54(33(42(48)91)65-18(3)76)110-53-41(90)30(106-58(46(53)95)107-47(25(83)10-70)35(84)22(80)7-67)15-101-62(60(98)99)6-21(79)32(64-17(2)75)51(113-62)37(86)24(82)9-69/h20-58,67-73,78-95H,5-15H2,1-4H3,(H,63,74)(H,64,75)(H,65,76)(H,66,77)(H,96,97)(H,98,99)/t20-,21-,22-,23+,24+,25+,26+,27+,28+,29+,30+,31+,32+,33+,34+,35+,36+,37+,38-,39-,40+,41-,42+,43-,44+,45+,46+,47+,48+,49+,50+,51+,52-,53-,54-,55-,56-,57-,58-,61+,62+/m0/s1. The molecule has 7 rings (SSSR count). The van der Waals surface area contributed by atoms with Crippen molar-refractivity contribution < 1.29 is 233 Å². The monoisotopic (exact) mass is 1660 g/mol. The van der Waals surface area contributed by atoms with Gasteiger partial charge in [-0.25, -0.2) is 9.59 Å². The third kappa shape index (κ3) is 21.8. The van der Waals surface area contributed by atoms with Crippen LogP contribution in [0.3, 0.4) is 0 Å². The third-order valence-electron chi connectivity index (χ3n) is 19.9. The number of carbonyl (C=O) groups is 6. The Hall–Kier alpha value is -4.74. The number of carbonyl (C=O) groups excluding carboxylic acids is 4. The molecular formula is C62H104N4O47. The second-order valence-corrected chi connectivity index (χ2v) is 28.0. The highest BCUT2D eigenvalue weighted by molar-refractivity contribution is 5.77. The highest BCUT2D eigenvalue weighted by atomic mass is 16.8. The van der Waals surface area contributed by atoms with E-state index in [2.05, 4.69) is 21.3 Å². The number of hydrogen-bond acceptors (Lipinski definition) is 45. The van der Waals surface area contributed by atoms with Gasteiger partial charge >= 0.3 is 11.9 Å². The normalized spacial score (nSPS) is 42.6. The smallest absolute Gasteiger partial charge is 0.364 e. The van der Waals surface area contributed by atoms with Gasteiger partial charge in [-0.15, -0.1) is 0 Å². The highest BCUT2D eigenvalue weighted by Gasteiger charge is 2.63. The molecule has 4 amide bonds. The number of aliphatic hydroxyl groups excluding tert-OH is 25. The molecular weight excluding hydrogens is 1550 g/mol. The number of nitrogens with one attached hydrogen (secondary N) is 4. The van der Waals surface area contributed by atoms with E-state index in [1.807, 2.05) is 0 Å². The average Bonchev–Trinajstić information content (AvgIpc) is 0.771. The van der Waals surface area contributed by atoms with Gasteiger partial charge in [-0.05, 0) is 0 Å². The van der Waals surface area contributed by atoms with Crippen LogP contribution in [-0.2, 0) is 95.1 Å². The van der Waals surface area contributed by atoms with E-state index in [0.29, 0.717) is 0 Å². The van der Waals surface area contributed by atoms with E-state index in [4.69, 9.17) is 66.3 Å². The van der Waals surface area contributed by atoms with Gasteiger partial charge in [0.05, 0.1) is 83.8 Å². The number of aliphatic hydroxyl groups is 25. The summed E-state index contributed by atoms with van der Waals surface area (Å²) in [7, 11) is 0. The molecule has 31 N–H and O–H groups in total. The molecule has 0 aromatic carbocycles. The second-order valence-electron chi connectivity index (χ2n) is 28.0. The van der Waals surface area contributed by atoms with Crippen LogP contribution in [0.2, 0.25) is 0 Å². The van der Waals surface area contributed by atoms with Gasteiger partial charge in [-0.2, -0.15) is 0 Å². The molecule has 7 aliphatic heterocycles. The van der Waals surface area contributed by atoms with Crippen LogP contribution in [0.15, 0.2) is 0 Å². The van der Waals surface area contributed by atoms with E-state index in [-0.39, 0.29) is 0 Å². The lowest BCUT2D eigenvalue weighted by molar-refractivity contribution is -0.387. The number of amides is 4. The number of aliphatic carboxylic acids is 2. The van der Waals surface area contributed by atoms with E-state index in [1.54, 1.807) is 0 Å². The van der Waals surface area contributed by atoms with Crippen LogP contribution in [0.4, 0.5) is 0 Å². The zero-order valence-corrected chi connectivity index (χ0v) is 60.5. The molecule has 51 heteroatoms. The first-order valence-corrected chi connectivity index (χ1v) is 35.3. The fourth-order valence-corrected chi connectivity index (χ4v) is 13.9. The van der Waals surface area contributed by atoms with Crippen LogP contribution >= 0.6 is 0 Å². The summed E-state index contributed by atoms with van der Waals surface area (Å²) in [4.78, 5) is 77.4. The van der Waals surface area contributed by atoms with E-state index in [0.717, 1.165) is 27.7 Å². The maximum atomic E-state index is 13.3. The molecule has 0 saturated carbocycles. The molecule has 0 radical (unpaired) electrons. The fourth-order valence-electron chi connectivity index (χ4n) is 13.9. The Morgan fingerprint density at radius 3 is 1.14 bits per heavy atom. The lowest BCUT2D eigenvalue weighted by Gasteiger charge is -2.51. The summed E-state index contributed by atoms with van der Waals surface area (Å²) in [6, 6.07) is -7.74. The zero-order valence-electron chi connectivity index (χ0n) is 60.5. The van der Waals surface area contributed by atoms with Crippen molar-refractivity contribution in [2.24, 2.45) is 0 Å². The fraction of sp³-hybridized carbons (Fsp3) is 0.903. The van der Waals surface area contributed by atoms with Crippen LogP contribution in [0, 0.1) is 0 Å². The number of carboxylic acid groups (broad SMARTS) is 2. The molecule has 0 aliphatic carbocycles. The van der Waals surface area contributed by atoms with E-state index >= 15 is 0 Å². The summed E-state index contributed by atoms with van der Waals surface area (Å²) in [5.74, 6) is -14.6. The Morgan fingerprint density at radius 2 is 0.717 bits per heavy atom. The zero-order chi connectivity index (χ0) is 84.5. The number of hydrogen-bond donors (Lipinski definition) is 31. The van der Waals surface area contributed by atoms with Gasteiger partial charge in [-0.1, -0.05) is 0 Å². The Morgan fingerprint density at radius 1 is 0.372 bits per heavy atom. The molecule has 0 aromatic heterocycles. The summed E-state index contributed by atoms with van der Waals surface area (Å²) in [5, 5.41) is 305. The molecule has 0 bridgehead atoms. The van der Waals surface area contributed by atoms with Crippen molar-refractivity contribution in [1.29, 1.82) is 0 Å². The van der Waals surface area contributed by atoms with Gasteiger partial charge in [0.25, 0.3) is 11.6 Å². The van der Waals surface area contributed by atoms with Gasteiger partial charge in [0.15, 0.2) is 31.5 Å². The maximum absolute atomic E-state index is 13.3. The van der Waals surface area contributed by atoms with Crippen molar-refractivity contribution in [3.8, 4) is 0 Å². The number of ether oxygens (including phenoxy) is 14. The quantitative estimate of drug-likeness (QED) is 0.0277. The molecule has 113 heavy (non-hydrogen) atoms. The van der Waals surface area contributed by atoms with Crippen LogP contribution in [0.25, 0.3) is 0 Å². The van der Waals surface area contributed by atoms with Crippen LogP contribution < -0.4 is 21.3 Å². The minimum absolute atomic E-state index is 0.844. The lowest BCUT2D eigenvalue weighted by atomic mass is 9.88. The van der Waals surface area contributed by atoms with E-state index in [9.17, 15) is 167 Å². The van der Waals surface area contributed by atoms with Gasteiger partial charge in [-0.3, -0.25) is 19.2 Å². The largest absolute Gasteiger partial charge is 0.477 e. The first kappa shape index (κ1) is 95.4. The summed E-state index contributed by atoms with van der Waals surface area (Å²) in [6.07, 6.45) is -81.8. The number of rotatable bonds is 36. The minimum Gasteiger partial charge on any atom is -0.477 e. The SMILES string of the molecule is CC(=O)N[C@H]1[C@H](O[C@H]2[C@@H](O)[C@@H](CO[C@]3(C(=O)O)C[C@H](O)[C@@H](NC(C)=O)[C@H]([C@H](O)[C@H](O)CO)O3)O[C@@H](O[C@@H]([C@H](O)[C@@H](O)CO)[C@H](O)CO)[C@@H]2O)O[C@H](CO)[C@@H](O[C@@H]2O[C@H](CO)[C@H](O)[C@H](O[C@@H]3O[C@H](CO[C@]4(C(=O)O)C[C@H](O)[C@@H](NC(C)=O)[C@H]([C@H](O)[C@H](O)CO)O4)[C@@H](O)[C@H](O[C@@H]4O[C@H](CO)[C@H](O)[C@H](O)[C@H]4O)[C@H]3NC(C)=O)[C@H]2O)[C@@H]1O. The van der Waals surface area contributed by atoms with Crippen molar-refractivity contribution in [3.63, 3.8) is 0 Å². The molecule has 0 spiro atoms. The molecule has 51 nitrogen and oxygen atoms in total.